The van der Waals surface area contributed by atoms with E-state index in [9.17, 15) is 0 Å². The van der Waals surface area contributed by atoms with Crippen LogP contribution in [0.5, 0.6) is 0 Å². The summed E-state index contributed by atoms with van der Waals surface area (Å²) in [6, 6.07) is 8.87. The molecule has 0 amide bonds. The van der Waals surface area contributed by atoms with Gasteiger partial charge in [-0.3, -0.25) is 0 Å². The van der Waals surface area contributed by atoms with Crippen LogP contribution in [0.15, 0.2) is 24.3 Å². The van der Waals surface area contributed by atoms with Gasteiger partial charge >= 0.3 is 0 Å². The van der Waals surface area contributed by atoms with Gasteiger partial charge in [0.15, 0.2) is 0 Å². The van der Waals surface area contributed by atoms with Crippen LogP contribution in [-0.4, -0.2) is 18.2 Å². The first-order valence-electron chi connectivity index (χ1n) is 6.61. The Balaban J connectivity index is 1.99. The van der Waals surface area contributed by atoms with Gasteiger partial charge in [0.25, 0.3) is 0 Å². The summed E-state index contributed by atoms with van der Waals surface area (Å²) >= 11 is 0. The second kappa shape index (κ2) is 5.19. The second-order valence-corrected chi connectivity index (χ2v) is 5.25. The van der Waals surface area contributed by atoms with Crippen LogP contribution < -0.4 is 5.73 Å². The molecular formula is C15H23NO. The van der Waals surface area contributed by atoms with Crippen LogP contribution in [0.25, 0.3) is 0 Å². The van der Waals surface area contributed by atoms with Crippen LogP contribution in [0.3, 0.4) is 0 Å². The highest BCUT2D eigenvalue weighted by molar-refractivity contribution is 5.23. The second-order valence-electron chi connectivity index (χ2n) is 5.25. The van der Waals surface area contributed by atoms with Crippen molar-refractivity contribution < 1.29 is 4.74 Å². The number of ether oxygens (including phenoxy) is 1. The summed E-state index contributed by atoms with van der Waals surface area (Å²) in [4.78, 5) is 0. The van der Waals surface area contributed by atoms with E-state index in [2.05, 4.69) is 38.1 Å². The van der Waals surface area contributed by atoms with E-state index in [0.717, 1.165) is 32.3 Å². The molecule has 94 valence electrons. The summed E-state index contributed by atoms with van der Waals surface area (Å²) in [7, 11) is 0. The van der Waals surface area contributed by atoms with Gasteiger partial charge in [0, 0.05) is 12.6 Å². The first-order chi connectivity index (χ1) is 8.14. The van der Waals surface area contributed by atoms with E-state index in [4.69, 9.17) is 10.5 Å². The molecule has 0 radical (unpaired) electrons. The van der Waals surface area contributed by atoms with E-state index >= 15 is 0 Å². The van der Waals surface area contributed by atoms with Crippen molar-refractivity contribution in [2.24, 2.45) is 5.73 Å². The lowest BCUT2D eigenvalue weighted by Crippen LogP contribution is -2.46. The first-order valence-corrected chi connectivity index (χ1v) is 6.61. The molecule has 2 unspecified atom stereocenters. The van der Waals surface area contributed by atoms with Gasteiger partial charge in [-0.15, -0.1) is 0 Å². The van der Waals surface area contributed by atoms with E-state index in [-0.39, 0.29) is 11.6 Å². The first kappa shape index (κ1) is 12.6. The molecule has 2 N–H and O–H groups in total. The number of hydrogen-bond donors (Lipinski definition) is 1. The van der Waals surface area contributed by atoms with Crippen LogP contribution in [-0.2, 0) is 17.6 Å². The average Bonchev–Trinajstić information content (AvgIpc) is 2.78. The molecule has 0 saturated carbocycles. The zero-order valence-corrected chi connectivity index (χ0v) is 10.9. The third-order valence-electron chi connectivity index (χ3n) is 3.92. The molecule has 1 aromatic carbocycles. The fourth-order valence-electron chi connectivity index (χ4n) is 2.47. The summed E-state index contributed by atoms with van der Waals surface area (Å²) < 4.78 is 5.79. The summed E-state index contributed by atoms with van der Waals surface area (Å²) in [5, 5.41) is 0. The number of benzene rings is 1. The quantitative estimate of drug-likeness (QED) is 0.867. The number of hydrogen-bond acceptors (Lipinski definition) is 2. The molecule has 2 nitrogen and oxygen atoms in total. The lowest BCUT2D eigenvalue weighted by molar-refractivity contribution is -0.000904. The summed E-state index contributed by atoms with van der Waals surface area (Å²) in [5.41, 5.74) is 8.86. The molecule has 1 saturated heterocycles. The highest BCUT2D eigenvalue weighted by atomic mass is 16.5. The van der Waals surface area contributed by atoms with E-state index in [1.807, 2.05) is 0 Å². The molecule has 2 rings (SSSR count). The SMILES string of the molecule is CCc1ccc(CC(N)C2(C)CCCO2)cc1. The van der Waals surface area contributed by atoms with Crippen LogP contribution in [0, 0.1) is 0 Å². The van der Waals surface area contributed by atoms with Gasteiger partial charge in [-0.25, -0.2) is 0 Å². The maximum atomic E-state index is 6.29. The molecule has 0 aromatic heterocycles. The van der Waals surface area contributed by atoms with Crippen LogP contribution in [0.4, 0.5) is 0 Å². The van der Waals surface area contributed by atoms with Crippen LogP contribution in [0.2, 0.25) is 0 Å². The maximum absolute atomic E-state index is 6.29. The fraction of sp³-hybridized carbons (Fsp3) is 0.600. The molecule has 1 aliphatic rings. The molecule has 1 fully saturated rings. The van der Waals surface area contributed by atoms with Gasteiger partial charge in [0.05, 0.1) is 5.60 Å². The predicted octanol–water partition coefficient (Wildman–Crippen LogP) is 2.69. The zero-order chi connectivity index (χ0) is 12.3. The minimum atomic E-state index is -0.122. The molecule has 1 aliphatic heterocycles. The molecule has 1 heterocycles. The van der Waals surface area contributed by atoms with Crippen molar-refractivity contribution in [2.75, 3.05) is 6.61 Å². The van der Waals surface area contributed by atoms with Crippen molar-refractivity contribution in [3.63, 3.8) is 0 Å². The van der Waals surface area contributed by atoms with Gasteiger partial charge in [-0.05, 0) is 43.7 Å². The van der Waals surface area contributed by atoms with Crippen molar-refractivity contribution in [1.29, 1.82) is 0 Å². The van der Waals surface area contributed by atoms with Gasteiger partial charge in [-0.2, -0.15) is 0 Å². The monoisotopic (exact) mass is 233 g/mol. The minimum Gasteiger partial charge on any atom is -0.374 e. The largest absolute Gasteiger partial charge is 0.374 e. The third kappa shape index (κ3) is 2.88. The Morgan fingerprint density at radius 2 is 1.94 bits per heavy atom. The van der Waals surface area contributed by atoms with Crippen molar-refractivity contribution in [1.82, 2.24) is 0 Å². The van der Waals surface area contributed by atoms with Gasteiger partial charge < -0.3 is 10.5 Å². The molecule has 1 aromatic rings. The Kier molecular flexibility index (Phi) is 3.85. The topological polar surface area (TPSA) is 35.2 Å². The number of rotatable bonds is 4. The predicted molar refractivity (Wildman–Crippen MR) is 71.1 cm³/mol. The molecule has 2 heteroatoms. The van der Waals surface area contributed by atoms with Gasteiger partial charge in [-0.1, -0.05) is 31.2 Å². The Morgan fingerprint density at radius 1 is 1.29 bits per heavy atom. The van der Waals surface area contributed by atoms with E-state index in [0.29, 0.717) is 0 Å². The number of nitrogens with two attached hydrogens (primary N) is 1. The molecular weight excluding hydrogens is 210 g/mol. The van der Waals surface area contributed by atoms with Crippen molar-refractivity contribution in [3.05, 3.63) is 35.4 Å². The van der Waals surface area contributed by atoms with Crippen LogP contribution >= 0.6 is 0 Å². The summed E-state index contributed by atoms with van der Waals surface area (Å²) in [6.07, 6.45) is 4.22. The van der Waals surface area contributed by atoms with E-state index in [1.165, 1.54) is 11.1 Å². The van der Waals surface area contributed by atoms with Gasteiger partial charge in [0.1, 0.15) is 0 Å². The third-order valence-corrected chi connectivity index (χ3v) is 3.92. The lowest BCUT2D eigenvalue weighted by atomic mass is 9.89. The fourth-order valence-corrected chi connectivity index (χ4v) is 2.47. The summed E-state index contributed by atoms with van der Waals surface area (Å²) in [6.45, 7) is 5.18. The van der Waals surface area contributed by atoms with Crippen molar-refractivity contribution >= 4 is 0 Å². The average molecular weight is 233 g/mol. The zero-order valence-electron chi connectivity index (χ0n) is 10.9. The maximum Gasteiger partial charge on any atom is 0.0808 e. The Hall–Kier alpha value is -0.860. The standard InChI is InChI=1S/C15H23NO/c1-3-12-5-7-13(8-6-12)11-14(16)15(2)9-4-10-17-15/h5-8,14H,3-4,9-11,16H2,1-2H3. The number of aryl methyl sites for hydroxylation is 1. The molecule has 0 bridgehead atoms. The molecule has 17 heavy (non-hydrogen) atoms. The Bertz CT molecular complexity index is 352. The highest BCUT2D eigenvalue weighted by Gasteiger charge is 2.35. The van der Waals surface area contributed by atoms with Crippen LogP contribution in [0.1, 0.15) is 37.8 Å². The highest BCUT2D eigenvalue weighted by Crippen LogP contribution is 2.29. The Labute approximate surface area is 104 Å². The normalized spacial score (nSPS) is 26.1. The van der Waals surface area contributed by atoms with Crippen molar-refractivity contribution in [2.45, 2.75) is 51.2 Å². The van der Waals surface area contributed by atoms with E-state index in [1.54, 1.807) is 0 Å². The minimum absolute atomic E-state index is 0.0949. The Morgan fingerprint density at radius 3 is 2.47 bits per heavy atom. The smallest absolute Gasteiger partial charge is 0.0808 e. The van der Waals surface area contributed by atoms with Gasteiger partial charge in [0.2, 0.25) is 0 Å². The lowest BCUT2D eigenvalue weighted by Gasteiger charge is -2.30. The van der Waals surface area contributed by atoms with E-state index < -0.39 is 0 Å². The summed E-state index contributed by atoms with van der Waals surface area (Å²) in [5.74, 6) is 0. The molecule has 0 spiro atoms. The van der Waals surface area contributed by atoms with Crippen molar-refractivity contribution in [3.8, 4) is 0 Å². The molecule has 2 atom stereocenters. The molecule has 0 aliphatic carbocycles.